The van der Waals surface area contributed by atoms with Crippen LogP contribution >= 0.6 is 92.8 Å². The molecule has 4 aromatic heterocycles. The van der Waals surface area contributed by atoms with Crippen molar-refractivity contribution in [2.75, 3.05) is 0 Å². The highest BCUT2D eigenvalue weighted by molar-refractivity contribution is 6.59. The molecule has 0 radical (unpaired) electrons. The summed E-state index contributed by atoms with van der Waals surface area (Å²) < 4.78 is 42.9. The van der Waals surface area contributed by atoms with Crippen LogP contribution in [0.15, 0.2) is 179 Å². The second kappa shape index (κ2) is 22.2. The Kier molecular flexibility index (Phi) is 13.4. The van der Waals surface area contributed by atoms with Gasteiger partial charge in [0.15, 0.2) is 0 Å². The molecule has 2 aliphatic rings. The second-order valence-electron chi connectivity index (χ2n) is 27.3. The van der Waals surface area contributed by atoms with Crippen molar-refractivity contribution in [1.82, 2.24) is 28.6 Å². The van der Waals surface area contributed by atoms with Crippen molar-refractivity contribution in [3.63, 3.8) is 0 Å². The number of hydrogen-bond acceptors (Lipinski definition) is 8. The van der Waals surface area contributed by atoms with E-state index in [0.717, 1.165) is 76.7 Å². The molecule has 0 fully saturated rings. The van der Waals surface area contributed by atoms with E-state index in [4.69, 9.17) is 103 Å². The van der Waals surface area contributed by atoms with E-state index in [1.807, 2.05) is 116 Å². The topological polar surface area (TPSA) is 144 Å². The Morgan fingerprint density at radius 3 is 0.963 bits per heavy atom. The van der Waals surface area contributed by atoms with Crippen LogP contribution in [0.25, 0.3) is 163 Å². The summed E-state index contributed by atoms with van der Waals surface area (Å²) in [5.74, 6) is -2.55. The van der Waals surface area contributed by atoms with Gasteiger partial charge in [0.2, 0.25) is 0 Å². The number of carbonyl (C=O) groups excluding carboxylic acids is 4. The summed E-state index contributed by atoms with van der Waals surface area (Å²) >= 11 is 57.6. The van der Waals surface area contributed by atoms with Crippen LogP contribution < -0.4 is 11.1 Å². The number of rotatable bonds is 4. The number of hydrogen-bond donors (Lipinski definition) is 0. The van der Waals surface area contributed by atoms with Crippen LogP contribution in [-0.2, 0) is 19.3 Å². The van der Waals surface area contributed by atoms with E-state index in [1.54, 1.807) is 20.9 Å². The lowest BCUT2D eigenvalue weighted by atomic mass is 9.82. The molecule has 0 atom stereocenters. The predicted octanol–water partition coefficient (Wildman–Crippen LogP) is 23.4. The van der Waals surface area contributed by atoms with E-state index in [9.17, 15) is 41.9 Å². The molecule has 0 saturated heterocycles. The first kappa shape index (κ1) is 64.7. The minimum absolute atomic E-state index is 0.0148. The lowest BCUT2D eigenvalue weighted by molar-refractivity contribution is -0.137. The molecule has 0 bridgehead atoms. The monoisotopic (exact) mass is 1560 g/mol. The fraction of sp³-hybridized carbons (Fsp3) is 0.0476. The molecule has 0 spiro atoms. The van der Waals surface area contributed by atoms with E-state index < -0.39 is 35.4 Å². The highest BCUT2D eigenvalue weighted by Gasteiger charge is 2.41. The van der Waals surface area contributed by atoms with Crippen LogP contribution in [0.5, 0.6) is 0 Å². The van der Waals surface area contributed by atoms with Crippen molar-refractivity contribution < 1.29 is 32.3 Å². The third kappa shape index (κ3) is 8.56. The number of imide groups is 2. The molecule has 12 nitrogen and oxygen atoms in total. The van der Waals surface area contributed by atoms with Crippen molar-refractivity contribution in [2.45, 2.75) is 26.2 Å². The van der Waals surface area contributed by atoms with Crippen LogP contribution in [0.1, 0.15) is 63.7 Å². The second-order valence-corrected chi connectivity index (χ2v) is 30.5. The Hall–Kier alpha value is -10.7. The zero-order chi connectivity index (χ0) is 73.5. The number of fused-ring (bicyclic) bond motifs is 10. The van der Waals surface area contributed by atoms with Crippen molar-refractivity contribution in [3.05, 3.63) is 275 Å². The van der Waals surface area contributed by atoms with E-state index in [0.29, 0.717) is 139 Å². The summed E-state index contributed by atoms with van der Waals surface area (Å²) in [6.45, 7) is 1.63. The van der Waals surface area contributed by atoms with Gasteiger partial charge in [-0.1, -0.05) is 183 Å². The average molecular weight is 1560 g/mol. The molecule has 514 valence electrons. The van der Waals surface area contributed by atoms with E-state index in [-0.39, 0.29) is 71.9 Å². The van der Waals surface area contributed by atoms with Gasteiger partial charge in [-0.05, 0) is 114 Å². The maximum atomic E-state index is 14.7. The molecule has 0 saturated carbocycles. The molecule has 20 aromatic rings. The molecular formula is C84H35Cl8F3N6O6. The SMILES string of the molecule is Cc1ccc(CN2C(=O)c3cc(Cl)c4c5c(Cl)cc6c7c(cc(Cl)c(c8c(Cl)cc(c3c48)C2=O)c75)C(=O)N(Cc2ccc(C(F)(F)F)cc2)C6=O)cc1.O=c1c2cc(Cl)c3c4c(Cl)cc5c(=O)n6c7cccc8cccc(nc6c6cc(Cl)c(c9c(Cl)cc(c2c39)c2nc3cccc9cccc(c93)n12)c4c56)c87. The molecule has 0 N–H and O–H groups in total. The quantitative estimate of drug-likeness (QED) is 0.0963. The normalized spacial score (nSPS) is 13.8. The number of carbonyl (C=O) groups is 4. The summed E-state index contributed by atoms with van der Waals surface area (Å²) in [5.41, 5.74) is 5.12. The van der Waals surface area contributed by atoms with Gasteiger partial charge in [-0.15, -0.1) is 0 Å². The van der Waals surface area contributed by atoms with Crippen LogP contribution in [0.2, 0.25) is 40.2 Å². The van der Waals surface area contributed by atoms with Gasteiger partial charge in [0, 0.05) is 148 Å². The Morgan fingerprint density at radius 2 is 0.626 bits per heavy atom. The van der Waals surface area contributed by atoms with E-state index >= 15 is 0 Å². The lowest BCUT2D eigenvalue weighted by Crippen LogP contribution is -2.40. The molecule has 2 aliphatic heterocycles. The average Bonchev–Trinajstić information content (AvgIpc) is 0.676. The Labute approximate surface area is 636 Å². The largest absolute Gasteiger partial charge is 0.416 e. The first-order valence-electron chi connectivity index (χ1n) is 33.3. The van der Waals surface area contributed by atoms with E-state index in [1.165, 1.54) is 36.4 Å². The number of amides is 4. The summed E-state index contributed by atoms with van der Waals surface area (Å²) in [5, 5.41) is 15.5. The number of halogens is 11. The zero-order valence-electron chi connectivity index (χ0n) is 54.4. The summed E-state index contributed by atoms with van der Waals surface area (Å²) in [7, 11) is 0. The van der Waals surface area contributed by atoms with Crippen LogP contribution in [0.4, 0.5) is 13.2 Å². The summed E-state index contributed by atoms with van der Waals surface area (Å²) in [6, 6.07) is 48.2. The lowest BCUT2D eigenvalue weighted by Gasteiger charge is -2.31. The first-order valence-corrected chi connectivity index (χ1v) is 36.3. The first-order chi connectivity index (χ1) is 51.4. The van der Waals surface area contributed by atoms with Crippen molar-refractivity contribution >= 4 is 279 Å². The van der Waals surface area contributed by atoms with Gasteiger partial charge in [-0.3, -0.25) is 47.4 Å². The van der Waals surface area contributed by atoms with Gasteiger partial charge in [0.25, 0.3) is 34.7 Å². The number of pyridine rings is 2. The van der Waals surface area contributed by atoms with Gasteiger partial charge in [-0.25, -0.2) is 9.97 Å². The van der Waals surface area contributed by atoms with Gasteiger partial charge in [0.05, 0.1) is 73.7 Å². The standard InChI is InChI=1S/C44H16Cl4N4O2.C40H19Cl4F3N2O4/c45-23-13-19-33-21(43(53)51-29-11-3-7-17-5-1-9-27(31(17)29)49-41(19)51)15-25(47)37-38-26(48)16-22-34-20(14-24(46)36(40(34)38)35(23)39(33)37)42-50-28-10-2-6-18-8-4-12-30(32(18)28)52(42)44(22)54;1-16-2-4-17(5-3-16)14-48-36(50)20-10-24(41)30-32-26(43)12-22-29-23(39(53)49(38(22)52)15-18-6-8-19(9-7-18)40(45,46)47)13-27(44)33(35(29)32)31-25(42)11-21(37(48)51)28(20)34(30)31/h1-16H;2-13H,14-15H2,1H3. The molecule has 6 heterocycles. The highest BCUT2D eigenvalue weighted by atomic mass is 35.5. The third-order valence-corrected chi connectivity index (χ3v) is 24.0. The molecule has 0 unspecified atom stereocenters. The number of aryl methyl sites for hydroxylation is 1. The van der Waals surface area contributed by atoms with Crippen LogP contribution in [-0.4, -0.2) is 52.2 Å². The molecule has 0 aliphatic carbocycles. The van der Waals surface area contributed by atoms with Gasteiger partial charge < -0.3 is 0 Å². The Morgan fingerprint density at radius 1 is 0.327 bits per heavy atom. The summed E-state index contributed by atoms with van der Waals surface area (Å²) in [4.78, 5) is 98.0. The molecule has 23 heteroatoms. The maximum absolute atomic E-state index is 14.7. The fourth-order valence-corrected chi connectivity index (χ4v) is 19.6. The zero-order valence-corrected chi connectivity index (χ0v) is 60.4. The Balaban J connectivity index is 0.000000137. The van der Waals surface area contributed by atoms with Crippen molar-refractivity contribution in [1.29, 1.82) is 0 Å². The minimum atomic E-state index is -4.56. The number of aromatic nitrogens is 4. The number of benzene rings is 16. The number of nitrogens with zero attached hydrogens (tertiary/aromatic N) is 6. The van der Waals surface area contributed by atoms with Crippen molar-refractivity contribution in [2.24, 2.45) is 0 Å². The molecule has 4 amide bonds. The maximum Gasteiger partial charge on any atom is 0.416 e. The molecule has 16 aromatic carbocycles. The third-order valence-electron chi connectivity index (χ3n) is 21.6. The van der Waals surface area contributed by atoms with Crippen molar-refractivity contribution in [3.8, 4) is 0 Å². The van der Waals surface area contributed by atoms with Crippen LogP contribution in [0.3, 0.4) is 0 Å². The summed E-state index contributed by atoms with van der Waals surface area (Å²) in [6.07, 6.45) is -4.56. The fourth-order valence-electron chi connectivity index (χ4n) is 17.2. The Bertz CT molecular complexity index is 7400. The number of alkyl halides is 3. The van der Waals surface area contributed by atoms with Gasteiger partial charge >= 0.3 is 6.18 Å². The minimum Gasteiger partial charge on any atom is -0.270 e. The highest BCUT2D eigenvalue weighted by Crippen LogP contribution is 2.57. The molecular weight excluding hydrogens is 1530 g/mol. The van der Waals surface area contributed by atoms with Crippen LogP contribution in [0, 0.1) is 6.92 Å². The smallest absolute Gasteiger partial charge is 0.270 e. The molecule has 107 heavy (non-hydrogen) atoms. The predicted molar refractivity (Wildman–Crippen MR) is 424 cm³/mol. The molecule has 22 rings (SSSR count). The van der Waals surface area contributed by atoms with Gasteiger partial charge in [0.1, 0.15) is 11.3 Å². The van der Waals surface area contributed by atoms with Gasteiger partial charge in [-0.2, -0.15) is 13.2 Å². The van der Waals surface area contributed by atoms with E-state index in [2.05, 4.69) is 0 Å².